The molecule has 0 saturated carbocycles. The zero-order valence-corrected chi connectivity index (χ0v) is 18.8. The highest BCUT2D eigenvalue weighted by molar-refractivity contribution is 6.30. The Kier molecular flexibility index (Phi) is 4.73. The van der Waals surface area contributed by atoms with Crippen molar-refractivity contribution in [3.63, 3.8) is 0 Å². The number of anilines is 1. The average molecular weight is 456 g/mol. The number of para-hydroxylation sites is 2. The van der Waals surface area contributed by atoms with Gasteiger partial charge in [0.05, 0.1) is 24.2 Å². The van der Waals surface area contributed by atoms with Crippen molar-refractivity contribution in [2.75, 3.05) is 12.4 Å². The summed E-state index contributed by atoms with van der Waals surface area (Å²) < 4.78 is 7.42. The summed E-state index contributed by atoms with van der Waals surface area (Å²) in [7, 11) is 1.66. The molecule has 2 aliphatic rings. The highest BCUT2D eigenvalue weighted by Gasteiger charge is 2.39. The number of nitrogens with zero attached hydrogens (tertiary/aromatic N) is 2. The van der Waals surface area contributed by atoms with Crippen LogP contribution in [-0.2, 0) is 4.79 Å². The van der Waals surface area contributed by atoms with Gasteiger partial charge in [0.15, 0.2) is 5.78 Å². The Balaban J connectivity index is 1.49. The summed E-state index contributed by atoms with van der Waals surface area (Å²) in [5.74, 6) is 1.82. The summed E-state index contributed by atoms with van der Waals surface area (Å²) in [4.78, 5) is 18.5. The van der Waals surface area contributed by atoms with E-state index < -0.39 is 0 Å². The molecule has 0 fully saturated rings. The molecule has 0 saturated heterocycles. The molecule has 1 aromatic heterocycles. The van der Waals surface area contributed by atoms with E-state index in [4.69, 9.17) is 21.3 Å². The molecular weight excluding hydrogens is 434 g/mol. The summed E-state index contributed by atoms with van der Waals surface area (Å²) in [5, 5.41) is 4.16. The summed E-state index contributed by atoms with van der Waals surface area (Å²) >= 11 is 6.37. The van der Waals surface area contributed by atoms with Crippen LogP contribution < -0.4 is 10.1 Å². The highest BCUT2D eigenvalue weighted by Crippen LogP contribution is 2.46. The summed E-state index contributed by atoms with van der Waals surface area (Å²) in [6, 6.07) is 23.5. The maximum absolute atomic E-state index is 13.7. The zero-order chi connectivity index (χ0) is 22.5. The Morgan fingerprint density at radius 1 is 1.00 bits per heavy atom. The number of imidazole rings is 1. The molecule has 1 N–H and O–H groups in total. The molecule has 1 aliphatic heterocycles. The topological polar surface area (TPSA) is 56.1 Å². The summed E-state index contributed by atoms with van der Waals surface area (Å²) in [6.07, 6.45) is 1.21. The van der Waals surface area contributed by atoms with E-state index in [0.717, 1.165) is 51.5 Å². The van der Waals surface area contributed by atoms with Gasteiger partial charge in [-0.25, -0.2) is 4.98 Å². The second-order valence-electron chi connectivity index (χ2n) is 8.57. The second kappa shape index (κ2) is 7.78. The van der Waals surface area contributed by atoms with Crippen molar-refractivity contribution in [2.45, 2.75) is 24.8 Å². The highest BCUT2D eigenvalue weighted by atomic mass is 35.5. The van der Waals surface area contributed by atoms with Crippen LogP contribution in [0.3, 0.4) is 0 Å². The van der Waals surface area contributed by atoms with Gasteiger partial charge in [0, 0.05) is 22.7 Å². The van der Waals surface area contributed by atoms with Gasteiger partial charge in [-0.15, -0.1) is 0 Å². The molecule has 5 nitrogen and oxygen atoms in total. The van der Waals surface area contributed by atoms with Crippen molar-refractivity contribution in [2.24, 2.45) is 0 Å². The first-order valence-corrected chi connectivity index (χ1v) is 11.4. The van der Waals surface area contributed by atoms with E-state index >= 15 is 0 Å². The van der Waals surface area contributed by atoms with Gasteiger partial charge in [-0.3, -0.25) is 9.36 Å². The number of ketones is 1. The molecule has 1 aliphatic carbocycles. The summed E-state index contributed by atoms with van der Waals surface area (Å²) in [6.45, 7) is 0. The van der Waals surface area contributed by atoms with Gasteiger partial charge >= 0.3 is 0 Å². The molecule has 2 heterocycles. The number of carbonyl (C=O) groups is 1. The number of ether oxygens (including phenoxy) is 1. The number of hydrogen-bond donors (Lipinski definition) is 1. The minimum atomic E-state index is -0.272. The fraction of sp³-hybridized carbons (Fsp3) is 0.185. The molecule has 33 heavy (non-hydrogen) atoms. The average Bonchev–Trinajstić information content (AvgIpc) is 3.20. The molecule has 4 aromatic rings. The smallest absolute Gasteiger partial charge is 0.209 e. The minimum absolute atomic E-state index is 0.102. The number of rotatable bonds is 3. The van der Waals surface area contributed by atoms with Crippen LogP contribution in [-0.4, -0.2) is 22.4 Å². The van der Waals surface area contributed by atoms with Crippen LogP contribution >= 0.6 is 11.6 Å². The van der Waals surface area contributed by atoms with Gasteiger partial charge in [0.2, 0.25) is 5.95 Å². The lowest BCUT2D eigenvalue weighted by molar-refractivity contribution is -0.116. The molecule has 0 radical (unpaired) electrons. The zero-order valence-electron chi connectivity index (χ0n) is 18.1. The van der Waals surface area contributed by atoms with E-state index in [-0.39, 0.29) is 17.7 Å². The van der Waals surface area contributed by atoms with Gasteiger partial charge in [-0.2, -0.15) is 0 Å². The third kappa shape index (κ3) is 3.31. The van der Waals surface area contributed by atoms with Crippen molar-refractivity contribution in [3.8, 4) is 5.75 Å². The van der Waals surface area contributed by atoms with Crippen molar-refractivity contribution >= 4 is 34.4 Å². The van der Waals surface area contributed by atoms with Crippen LogP contribution in [0.15, 0.2) is 84.1 Å². The molecule has 6 rings (SSSR count). The lowest BCUT2D eigenvalue weighted by atomic mass is 9.77. The molecule has 2 atom stereocenters. The van der Waals surface area contributed by atoms with Gasteiger partial charge in [-0.05, 0) is 59.9 Å². The molecule has 3 aromatic carbocycles. The molecule has 0 bridgehead atoms. The molecular formula is C27H22ClN3O2. The van der Waals surface area contributed by atoms with Crippen molar-refractivity contribution in [1.29, 1.82) is 0 Å². The first-order valence-electron chi connectivity index (χ1n) is 11.0. The van der Waals surface area contributed by atoms with E-state index in [1.54, 1.807) is 7.11 Å². The number of aromatic nitrogens is 2. The maximum atomic E-state index is 13.7. The predicted octanol–water partition coefficient (Wildman–Crippen LogP) is 6.11. The lowest BCUT2D eigenvalue weighted by Crippen LogP contribution is -2.33. The maximum Gasteiger partial charge on any atom is 0.209 e. The number of carbonyl (C=O) groups excluding carboxylic acids is 1. The van der Waals surface area contributed by atoms with Gasteiger partial charge in [0.25, 0.3) is 0 Å². The number of benzene rings is 3. The van der Waals surface area contributed by atoms with E-state index in [9.17, 15) is 4.79 Å². The number of allylic oxidation sites excluding steroid dienone is 2. The number of halogens is 1. The van der Waals surface area contributed by atoms with Crippen LogP contribution in [0.1, 0.15) is 35.9 Å². The normalized spacial score (nSPS) is 19.8. The number of nitrogens with one attached hydrogen (secondary N) is 1. The monoisotopic (exact) mass is 455 g/mol. The molecule has 164 valence electrons. The molecule has 0 unspecified atom stereocenters. The van der Waals surface area contributed by atoms with E-state index in [1.165, 1.54) is 0 Å². The van der Waals surface area contributed by atoms with E-state index in [2.05, 4.69) is 22.0 Å². The number of fused-ring (bicyclic) bond motifs is 3. The van der Waals surface area contributed by atoms with Crippen molar-refractivity contribution in [1.82, 2.24) is 9.55 Å². The number of hydrogen-bond acceptors (Lipinski definition) is 4. The standard InChI is InChI=1S/C27H22ClN3O2/c1-33-20-11-9-16(10-12-20)18-14-22-25(24(32)15-18)26(17-5-4-6-19(28)13-17)31-23-8-3-2-7-21(23)29-27(31)30-22/h2-13,18,26H,14-15H2,1H3,(H,29,30)/t18-,26-/m0/s1. The third-order valence-corrected chi connectivity index (χ3v) is 6.88. The molecule has 0 spiro atoms. The SMILES string of the molecule is COc1ccc([C@@H]2CC(=O)C3=C(C2)Nc2nc4ccccc4n2[C@H]3c2cccc(Cl)c2)cc1. The Morgan fingerprint density at radius 3 is 2.61 bits per heavy atom. The quantitative estimate of drug-likeness (QED) is 0.404. The minimum Gasteiger partial charge on any atom is -0.497 e. The van der Waals surface area contributed by atoms with Gasteiger partial charge in [0.1, 0.15) is 5.75 Å². The van der Waals surface area contributed by atoms with Gasteiger partial charge < -0.3 is 10.1 Å². The largest absolute Gasteiger partial charge is 0.497 e. The lowest BCUT2D eigenvalue weighted by Gasteiger charge is -2.36. The third-order valence-electron chi connectivity index (χ3n) is 6.65. The predicted molar refractivity (Wildman–Crippen MR) is 130 cm³/mol. The Bertz CT molecular complexity index is 1420. The fourth-order valence-electron chi connectivity index (χ4n) is 5.13. The van der Waals surface area contributed by atoms with E-state index in [1.807, 2.05) is 60.7 Å². The number of methoxy groups -OCH3 is 1. The Labute approximate surface area is 196 Å². The second-order valence-corrected chi connectivity index (χ2v) is 9.01. The molecule has 6 heteroatoms. The van der Waals surface area contributed by atoms with Crippen molar-refractivity contribution in [3.05, 3.63) is 100 Å². The van der Waals surface area contributed by atoms with E-state index in [0.29, 0.717) is 11.4 Å². The van der Waals surface area contributed by atoms with Crippen molar-refractivity contribution < 1.29 is 9.53 Å². The van der Waals surface area contributed by atoms with Crippen LogP contribution in [0.25, 0.3) is 11.0 Å². The van der Waals surface area contributed by atoms with Gasteiger partial charge in [-0.1, -0.05) is 48.0 Å². The Morgan fingerprint density at radius 2 is 1.82 bits per heavy atom. The summed E-state index contributed by atoms with van der Waals surface area (Å²) in [5.41, 5.74) is 5.75. The first-order chi connectivity index (χ1) is 16.1. The first kappa shape index (κ1) is 20.1. The van der Waals surface area contributed by atoms with Crippen LogP contribution in [0.5, 0.6) is 5.75 Å². The molecule has 0 amide bonds. The Hall–Kier alpha value is -3.57. The fourth-order valence-corrected chi connectivity index (χ4v) is 5.33. The van der Waals surface area contributed by atoms with Crippen LogP contribution in [0.4, 0.5) is 5.95 Å². The van der Waals surface area contributed by atoms with Crippen LogP contribution in [0.2, 0.25) is 5.02 Å². The van der Waals surface area contributed by atoms with Crippen LogP contribution in [0, 0.1) is 0 Å². The number of Topliss-reactive ketones (excluding diaryl/α,β-unsaturated/α-hetero) is 1.